The maximum absolute atomic E-state index is 2.42. The number of aromatic nitrogens is 2. The van der Waals surface area contributed by atoms with Crippen molar-refractivity contribution in [2.75, 3.05) is 0 Å². The Bertz CT molecular complexity index is 583. The Morgan fingerprint density at radius 1 is 0.500 bits per heavy atom. The molecule has 2 heterocycles. The van der Waals surface area contributed by atoms with Gasteiger partial charge in [0.15, 0.2) is 36.9 Å². The average molecular weight is 482 g/mol. The monoisotopic (exact) mass is 480 g/mol. The summed E-state index contributed by atoms with van der Waals surface area (Å²) >= 11 is 0. The van der Waals surface area contributed by atoms with Gasteiger partial charge >= 0.3 is 0 Å². The van der Waals surface area contributed by atoms with Crippen molar-refractivity contribution in [1.82, 2.24) is 0 Å². The Labute approximate surface area is 179 Å². The first-order valence-corrected chi connectivity index (χ1v) is 9.92. The fourth-order valence-electron chi connectivity index (χ4n) is 4.51. The Hall–Kier alpha value is -0.740. The summed E-state index contributed by atoms with van der Waals surface area (Å²) < 4.78 is 4.85. The highest BCUT2D eigenvalue weighted by Gasteiger charge is 2.22. The molecular formula is C22H30Br2N2. The standard InChI is InChI=1S/C22H30N2.2BrH/c1-3-7-21(8-4-1)23-15-11-19(12-16-23)20-13-17-24(18-14-20)22-9-5-2-6-10-22;;/h11-18,21-22H,1-10H2;2*1H/q+2;;/p-2. The Morgan fingerprint density at radius 2 is 0.808 bits per heavy atom. The molecule has 0 aliphatic heterocycles. The summed E-state index contributed by atoms with van der Waals surface area (Å²) in [6.45, 7) is 0. The molecule has 0 atom stereocenters. The first kappa shape index (κ1) is 21.6. The van der Waals surface area contributed by atoms with E-state index in [1.165, 1.54) is 75.3 Å². The molecule has 0 spiro atoms. The van der Waals surface area contributed by atoms with Gasteiger partial charge in [0.05, 0.1) is 0 Å². The molecule has 2 aliphatic carbocycles. The lowest BCUT2D eigenvalue weighted by Crippen LogP contribution is -3.00. The Morgan fingerprint density at radius 3 is 1.12 bits per heavy atom. The molecule has 2 aromatic heterocycles. The van der Waals surface area contributed by atoms with Crippen molar-refractivity contribution in [2.45, 2.75) is 76.3 Å². The van der Waals surface area contributed by atoms with Gasteiger partial charge in [-0.05, 0) is 36.8 Å². The molecule has 0 saturated heterocycles. The fraction of sp³-hybridized carbons (Fsp3) is 0.545. The topological polar surface area (TPSA) is 7.76 Å². The van der Waals surface area contributed by atoms with Crippen molar-refractivity contribution < 1.29 is 43.1 Å². The third-order valence-corrected chi connectivity index (χ3v) is 6.03. The van der Waals surface area contributed by atoms with Crippen molar-refractivity contribution in [2.24, 2.45) is 0 Å². The van der Waals surface area contributed by atoms with Gasteiger partial charge < -0.3 is 34.0 Å². The highest BCUT2D eigenvalue weighted by molar-refractivity contribution is 5.60. The predicted molar refractivity (Wildman–Crippen MR) is 96.5 cm³/mol. The molecule has 0 unspecified atom stereocenters. The second-order valence-electron chi connectivity index (χ2n) is 7.65. The van der Waals surface area contributed by atoms with E-state index in [0.29, 0.717) is 0 Å². The van der Waals surface area contributed by atoms with E-state index in [2.05, 4.69) is 58.2 Å². The molecule has 4 rings (SSSR count). The van der Waals surface area contributed by atoms with Crippen molar-refractivity contribution in [3.63, 3.8) is 0 Å². The zero-order chi connectivity index (χ0) is 16.2. The Kier molecular flexibility index (Phi) is 8.75. The van der Waals surface area contributed by atoms with Crippen molar-refractivity contribution in [3.05, 3.63) is 49.1 Å². The van der Waals surface area contributed by atoms with Crippen LogP contribution in [-0.2, 0) is 0 Å². The summed E-state index contributed by atoms with van der Waals surface area (Å²) in [5.74, 6) is 0. The van der Waals surface area contributed by atoms with Crippen LogP contribution in [-0.4, -0.2) is 0 Å². The third-order valence-electron chi connectivity index (χ3n) is 6.03. The van der Waals surface area contributed by atoms with E-state index in [0.717, 1.165) is 12.1 Å². The molecule has 142 valence electrons. The van der Waals surface area contributed by atoms with Crippen molar-refractivity contribution in [3.8, 4) is 11.1 Å². The quantitative estimate of drug-likeness (QED) is 0.494. The van der Waals surface area contributed by atoms with Gasteiger partial charge in [0, 0.05) is 49.9 Å². The first-order chi connectivity index (χ1) is 11.9. The molecule has 0 radical (unpaired) electrons. The SMILES string of the molecule is [Br-].[Br-].c1c[n+](C2CCCCC2)ccc1-c1cc[n+](C2CCCCC2)cc1. The van der Waals surface area contributed by atoms with E-state index >= 15 is 0 Å². The van der Waals surface area contributed by atoms with E-state index in [1.807, 2.05) is 0 Å². The van der Waals surface area contributed by atoms with Crippen LogP contribution in [0.2, 0.25) is 0 Å². The number of halogens is 2. The van der Waals surface area contributed by atoms with Crippen LogP contribution in [0.25, 0.3) is 11.1 Å². The summed E-state index contributed by atoms with van der Waals surface area (Å²) in [5.41, 5.74) is 2.66. The lowest BCUT2D eigenvalue weighted by atomic mass is 9.95. The van der Waals surface area contributed by atoms with E-state index in [1.54, 1.807) is 0 Å². The highest BCUT2D eigenvalue weighted by atomic mass is 79.9. The number of rotatable bonds is 3. The van der Waals surface area contributed by atoms with E-state index in [4.69, 9.17) is 0 Å². The average Bonchev–Trinajstić information content (AvgIpc) is 2.70. The highest BCUT2D eigenvalue weighted by Crippen LogP contribution is 2.25. The van der Waals surface area contributed by atoms with Gasteiger partial charge in [0.1, 0.15) is 0 Å². The summed E-state index contributed by atoms with van der Waals surface area (Å²) in [5, 5.41) is 0. The van der Waals surface area contributed by atoms with Gasteiger partial charge in [-0.1, -0.05) is 12.8 Å². The van der Waals surface area contributed by atoms with Gasteiger partial charge in [0.25, 0.3) is 0 Å². The van der Waals surface area contributed by atoms with Crippen molar-refractivity contribution in [1.29, 1.82) is 0 Å². The van der Waals surface area contributed by atoms with Gasteiger partial charge in [-0.25, -0.2) is 9.13 Å². The maximum Gasteiger partial charge on any atom is 0.169 e. The molecular weight excluding hydrogens is 452 g/mol. The normalized spacial score (nSPS) is 18.6. The van der Waals surface area contributed by atoms with Gasteiger partial charge in [0.2, 0.25) is 0 Å². The lowest BCUT2D eigenvalue weighted by molar-refractivity contribution is -0.726. The molecule has 2 fully saturated rings. The molecule has 4 heteroatoms. The minimum Gasteiger partial charge on any atom is -1.00 e. The Balaban J connectivity index is 0.00000121. The third kappa shape index (κ3) is 5.16. The van der Waals surface area contributed by atoms with Gasteiger partial charge in [-0.3, -0.25) is 0 Å². The molecule has 0 bridgehead atoms. The van der Waals surface area contributed by atoms with Gasteiger partial charge in [-0.2, -0.15) is 0 Å². The predicted octanol–water partition coefficient (Wildman–Crippen LogP) is -1.05. The van der Waals surface area contributed by atoms with Crippen molar-refractivity contribution >= 4 is 0 Å². The summed E-state index contributed by atoms with van der Waals surface area (Å²) in [7, 11) is 0. The largest absolute Gasteiger partial charge is 1.00 e. The number of hydrogen-bond acceptors (Lipinski definition) is 0. The summed E-state index contributed by atoms with van der Waals surface area (Å²) in [4.78, 5) is 0. The molecule has 0 amide bonds. The van der Waals surface area contributed by atoms with Crippen LogP contribution in [0, 0.1) is 0 Å². The maximum atomic E-state index is 2.42. The van der Waals surface area contributed by atoms with Crippen LogP contribution in [0.15, 0.2) is 49.1 Å². The lowest BCUT2D eigenvalue weighted by Gasteiger charge is -2.17. The van der Waals surface area contributed by atoms with Crippen LogP contribution in [0.5, 0.6) is 0 Å². The smallest absolute Gasteiger partial charge is 0.169 e. The molecule has 2 nitrogen and oxygen atoms in total. The zero-order valence-electron chi connectivity index (χ0n) is 15.5. The minimum atomic E-state index is 0. The minimum absolute atomic E-state index is 0. The van der Waals surface area contributed by atoms with Crippen LogP contribution < -0.4 is 43.1 Å². The van der Waals surface area contributed by atoms with Crippen LogP contribution in [0.4, 0.5) is 0 Å². The molecule has 0 aromatic carbocycles. The second kappa shape index (κ2) is 10.6. The molecule has 26 heavy (non-hydrogen) atoms. The van der Waals surface area contributed by atoms with Crippen LogP contribution in [0.1, 0.15) is 76.3 Å². The molecule has 2 aliphatic rings. The number of hydrogen-bond donors (Lipinski definition) is 0. The van der Waals surface area contributed by atoms with Gasteiger partial charge in [-0.15, -0.1) is 0 Å². The molecule has 0 N–H and O–H groups in total. The number of pyridine rings is 2. The van der Waals surface area contributed by atoms with E-state index < -0.39 is 0 Å². The fourth-order valence-corrected chi connectivity index (χ4v) is 4.51. The van der Waals surface area contributed by atoms with E-state index in [-0.39, 0.29) is 34.0 Å². The zero-order valence-corrected chi connectivity index (χ0v) is 18.7. The first-order valence-electron chi connectivity index (χ1n) is 9.92. The second-order valence-corrected chi connectivity index (χ2v) is 7.65. The van der Waals surface area contributed by atoms with Crippen LogP contribution >= 0.6 is 0 Å². The van der Waals surface area contributed by atoms with Crippen LogP contribution in [0.3, 0.4) is 0 Å². The molecule has 2 aromatic rings. The summed E-state index contributed by atoms with van der Waals surface area (Å²) in [6, 6.07) is 10.6. The summed E-state index contributed by atoms with van der Waals surface area (Å²) in [6.07, 6.45) is 22.9. The molecule has 2 saturated carbocycles. The number of nitrogens with zero attached hydrogens (tertiary/aromatic N) is 2. The van der Waals surface area contributed by atoms with E-state index in [9.17, 15) is 0 Å².